The molecule has 2 heterocycles. The van der Waals surface area contributed by atoms with Crippen LogP contribution in [0.2, 0.25) is 0 Å². The van der Waals surface area contributed by atoms with Crippen LogP contribution < -0.4 is 9.64 Å². The van der Waals surface area contributed by atoms with Crippen LogP contribution in [-0.2, 0) is 4.89 Å². The highest BCUT2D eigenvalue weighted by atomic mass is 17.1. The quantitative estimate of drug-likeness (QED) is 0.630. The summed E-state index contributed by atoms with van der Waals surface area (Å²) in [6, 6.07) is 4.84. The molecule has 0 aromatic heterocycles. The van der Waals surface area contributed by atoms with Gasteiger partial charge in [0.1, 0.15) is 5.75 Å². The van der Waals surface area contributed by atoms with Crippen molar-refractivity contribution in [3.05, 3.63) is 23.8 Å². The number of carbonyl (C=O) groups excluding carboxylic acids is 2. The Kier molecular flexibility index (Phi) is 3.42. The van der Waals surface area contributed by atoms with Gasteiger partial charge in [0.25, 0.3) is 5.91 Å². The third-order valence-corrected chi connectivity index (χ3v) is 4.05. The van der Waals surface area contributed by atoms with Gasteiger partial charge in [-0.3, -0.25) is 14.6 Å². The molecule has 0 radical (unpaired) electrons. The Bertz CT molecular complexity index is 589. The van der Waals surface area contributed by atoms with Crippen molar-refractivity contribution in [2.24, 2.45) is 0 Å². The summed E-state index contributed by atoms with van der Waals surface area (Å²) in [6.07, 6.45) is 0.840. The van der Waals surface area contributed by atoms with Crippen molar-refractivity contribution in [2.75, 3.05) is 25.1 Å². The standard InChI is InChI=1S/C14H16N2O5/c1-20-10-4-5-12-11(7-10)13(17)15-6-2-3-9(15)8-16(12)14(18)21-19/h4-5,7,9,19H,2-3,6,8H2,1H3. The van der Waals surface area contributed by atoms with Crippen LogP contribution in [0.3, 0.4) is 0 Å². The van der Waals surface area contributed by atoms with Crippen molar-refractivity contribution >= 4 is 17.7 Å². The van der Waals surface area contributed by atoms with Crippen LogP contribution in [0.4, 0.5) is 10.5 Å². The minimum atomic E-state index is -0.886. The molecule has 0 saturated carbocycles. The predicted octanol–water partition coefficient (Wildman–Crippen LogP) is 1.73. The van der Waals surface area contributed by atoms with Crippen LogP contribution in [0.5, 0.6) is 5.75 Å². The first kappa shape index (κ1) is 13.7. The van der Waals surface area contributed by atoms with Crippen LogP contribution >= 0.6 is 0 Å². The molecule has 1 N–H and O–H groups in total. The summed E-state index contributed by atoms with van der Waals surface area (Å²) < 4.78 is 5.15. The fourth-order valence-electron chi connectivity index (χ4n) is 3.03. The third kappa shape index (κ3) is 2.19. The highest BCUT2D eigenvalue weighted by molar-refractivity contribution is 6.05. The van der Waals surface area contributed by atoms with E-state index in [1.165, 1.54) is 12.0 Å². The van der Waals surface area contributed by atoms with E-state index in [0.717, 1.165) is 12.8 Å². The van der Waals surface area contributed by atoms with Gasteiger partial charge in [-0.05, 0) is 31.0 Å². The maximum atomic E-state index is 12.7. The summed E-state index contributed by atoms with van der Waals surface area (Å²) in [5.41, 5.74) is 0.804. The Labute approximate surface area is 121 Å². The number of hydrogen-bond acceptors (Lipinski definition) is 5. The Morgan fingerprint density at radius 1 is 1.43 bits per heavy atom. The van der Waals surface area contributed by atoms with Crippen LogP contribution in [0.1, 0.15) is 23.2 Å². The van der Waals surface area contributed by atoms with Crippen molar-refractivity contribution in [1.29, 1.82) is 0 Å². The van der Waals surface area contributed by atoms with Gasteiger partial charge in [-0.1, -0.05) is 0 Å². The molecule has 1 unspecified atom stereocenters. The summed E-state index contributed by atoms with van der Waals surface area (Å²) in [5, 5.41) is 8.70. The number of fused-ring (bicyclic) bond motifs is 2. The maximum absolute atomic E-state index is 12.7. The normalized spacial score (nSPS) is 20.7. The zero-order valence-corrected chi connectivity index (χ0v) is 11.6. The number of carbonyl (C=O) groups is 2. The molecule has 7 heteroatoms. The van der Waals surface area contributed by atoms with Gasteiger partial charge < -0.3 is 9.64 Å². The molecule has 2 aliphatic rings. The van der Waals surface area contributed by atoms with E-state index in [-0.39, 0.29) is 11.9 Å². The van der Waals surface area contributed by atoms with Crippen LogP contribution in [-0.4, -0.2) is 48.4 Å². The highest BCUT2D eigenvalue weighted by Gasteiger charge is 2.38. The molecule has 2 aliphatic heterocycles. The minimum Gasteiger partial charge on any atom is -0.497 e. The Hall–Kier alpha value is -2.28. The number of methoxy groups -OCH3 is 1. The van der Waals surface area contributed by atoms with Gasteiger partial charge in [0.15, 0.2) is 0 Å². The number of anilines is 1. The molecule has 1 aromatic carbocycles. The average molecular weight is 292 g/mol. The second-order valence-electron chi connectivity index (χ2n) is 5.15. The van der Waals surface area contributed by atoms with E-state index in [0.29, 0.717) is 30.1 Å². The van der Waals surface area contributed by atoms with E-state index in [1.807, 2.05) is 0 Å². The third-order valence-electron chi connectivity index (χ3n) is 4.05. The van der Waals surface area contributed by atoms with Crippen LogP contribution in [0.15, 0.2) is 18.2 Å². The summed E-state index contributed by atoms with van der Waals surface area (Å²) >= 11 is 0. The van der Waals surface area contributed by atoms with Gasteiger partial charge in [-0.25, -0.2) is 4.79 Å². The first-order valence-corrected chi connectivity index (χ1v) is 6.77. The number of benzene rings is 1. The Morgan fingerprint density at radius 2 is 2.24 bits per heavy atom. The molecule has 7 nitrogen and oxygen atoms in total. The van der Waals surface area contributed by atoms with Gasteiger partial charge in [0.05, 0.1) is 24.4 Å². The number of rotatable bonds is 1. The molecular weight excluding hydrogens is 276 g/mol. The summed E-state index contributed by atoms with van der Waals surface area (Å²) in [4.78, 5) is 31.4. The largest absolute Gasteiger partial charge is 0.497 e. The lowest BCUT2D eigenvalue weighted by atomic mass is 10.1. The van der Waals surface area contributed by atoms with E-state index >= 15 is 0 Å². The van der Waals surface area contributed by atoms with Crippen molar-refractivity contribution in [3.63, 3.8) is 0 Å². The fraction of sp³-hybridized carbons (Fsp3) is 0.429. The molecule has 1 saturated heterocycles. The lowest BCUT2D eigenvalue weighted by Gasteiger charge is -2.24. The highest BCUT2D eigenvalue weighted by Crippen LogP contribution is 2.34. The molecule has 2 amide bonds. The smallest absolute Gasteiger partial charge is 0.445 e. The van der Waals surface area contributed by atoms with Gasteiger partial charge in [-0.15, -0.1) is 0 Å². The van der Waals surface area contributed by atoms with Gasteiger partial charge in [0.2, 0.25) is 0 Å². The van der Waals surface area contributed by atoms with Crippen LogP contribution in [0.25, 0.3) is 0 Å². The summed E-state index contributed by atoms with van der Waals surface area (Å²) in [6.45, 7) is 0.979. The number of ether oxygens (including phenoxy) is 1. The van der Waals surface area contributed by atoms with E-state index in [2.05, 4.69) is 4.89 Å². The Morgan fingerprint density at radius 3 is 2.95 bits per heavy atom. The number of amides is 2. The van der Waals surface area contributed by atoms with Gasteiger partial charge >= 0.3 is 6.09 Å². The zero-order chi connectivity index (χ0) is 15.0. The maximum Gasteiger partial charge on any atom is 0.445 e. The van der Waals surface area contributed by atoms with E-state index in [9.17, 15) is 9.59 Å². The summed E-state index contributed by atoms with van der Waals surface area (Å²) in [7, 11) is 1.52. The molecule has 0 bridgehead atoms. The van der Waals surface area contributed by atoms with Crippen molar-refractivity contribution in [1.82, 2.24) is 4.90 Å². The van der Waals surface area contributed by atoms with Crippen molar-refractivity contribution in [2.45, 2.75) is 18.9 Å². The van der Waals surface area contributed by atoms with Crippen LogP contribution in [0, 0.1) is 0 Å². The lowest BCUT2D eigenvalue weighted by molar-refractivity contribution is -0.175. The monoisotopic (exact) mass is 292 g/mol. The number of nitrogens with zero attached hydrogens (tertiary/aromatic N) is 2. The fourth-order valence-corrected chi connectivity index (χ4v) is 3.03. The molecule has 0 aliphatic carbocycles. The average Bonchev–Trinajstić information content (AvgIpc) is 2.95. The molecule has 1 aromatic rings. The predicted molar refractivity (Wildman–Crippen MR) is 73.5 cm³/mol. The van der Waals surface area contributed by atoms with Crippen molar-refractivity contribution in [3.8, 4) is 5.75 Å². The van der Waals surface area contributed by atoms with Crippen molar-refractivity contribution < 1.29 is 24.5 Å². The first-order valence-electron chi connectivity index (χ1n) is 6.77. The first-order chi connectivity index (χ1) is 10.2. The summed E-state index contributed by atoms with van der Waals surface area (Å²) in [5.74, 6) is 0.414. The minimum absolute atomic E-state index is 0.0602. The molecule has 112 valence electrons. The lowest BCUT2D eigenvalue weighted by Crippen LogP contribution is -2.42. The molecule has 21 heavy (non-hydrogen) atoms. The number of hydrogen-bond donors (Lipinski definition) is 1. The topological polar surface area (TPSA) is 79.3 Å². The van der Waals surface area contributed by atoms with Gasteiger partial charge in [-0.2, -0.15) is 5.26 Å². The molecule has 0 spiro atoms. The molecule has 1 fully saturated rings. The van der Waals surface area contributed by atoms with E-state index in [4.69, 9.17) is 9.99 Å². The SMILES string of the molecule is COc1ccc2c(c1)C(=O)N1CCCC1CN2C(=O)OO. The molecule has 1 atom stereocenters. The Balaban J connectivity index is 2.11. The van der Waals surface area contributed by atoms with Gasteiger partial charge in [0, 0.05) is 13.1 Å². The zero-order valence-electron chi connectivity index (χ0n) is 11.6. The molecule has 3 rings (SSSR count). The van der Waals surface area contributed by atoms with E-state index in [1.54, 1.807) is 23.1 Å². The second-order valence-corrected chi connectivity index (χ2v) is 5.15. The molecular formula is C14H16N2O5. The second kappa shape index (κ2) is 5.25. The van der Waals surface area contributed by atoms with E-state index < -0.39 is 6.09 Å².